The van der Waals surface area contributed by atoms with Gasteiger partial charge in [-0.3, -0.25) is 4.79 Å². The van der Waals surface area contributed by atoms with Gasteiger partial charge in [-0.25, -0.2) is 4.98 Å². The van der Waals surface area contributed by atoms with Crippen molar-refractivity contribution in [3.63, 3.8) is 0 Å². The second-order valence-electron chi connectivity index (χ2n) is 5.65. The summed E-state index contributed by atoms with van der Waals surface area (Å²) in [5, 5.41) is 9.78. The van der Waals surface area contributed by atoms with Crippen LogP contribution in [0, 0.1) is 20.8 Å². The molecule has 122 valence electrons. The SMILES string of the molecule is Cc1ccc(NC(=O)c2ccc(Nc3cc(C)on3)cn2)c(C)c1. The van der Waals surface area contributed by atoms with Crippen LogP contribution in [0.25, 0.3) is 0 Å². The molecule has 0 atom stereocenters. The van der Waals surface area contributed by atoms with Crippen LogP contribution in [-0.2, 0) is 0 Å². The van der Waals surface area contributed by atoms with Crippen LogP contribution < -0.4 is 10.6 Å². The molecule has 0 aliphatic rings. The van der Waals surface area contributed by atoms with Crippen molar-refractivity contribution in [2.45, 2.75) is 20.8 Å². The van der Waals surface area contributed by atoms with Crippen LogP contribution in [0.4, 0.5) is 17.2 Å². The minimum absolute atomic E-state index is 0.245. The number of aryl methyl sites for hydroxylation is 3. The quantitative estimate of drug-likeness (QED) is 0.759. The van der Waals surface area contributed by atoms with Crippen molar-refractivity contribution in [3.05, 3.63) is 65.2 Å². The highest BCUT2D eigenvalue weighted by Crippen LogP contribution is 2.18. The average Bonchev–Trinajstić information content (AvgIpc) is 2.96. The van der Waals surface area contributed by atoms with Crippen LogP contribution in [0.15, 0.2) is 47.1 Å². The first-order valence-electron chi connectivity index (χ1n) is 7.56. The summed E-state index contributed by atoms with van der Waals surface area (Å²) in [6.45, 7) is 5.79. The molecular weight excluding hydrogens is 304 g/mol. The number of nitrogens with zero attached hydrogens (tertiary/aromatic N) is 2. The maximum Gasteiger partial charge on any atom is 0.274 e. The Kier molecular flexibility index (Phi) is 4.29. The van der Waals surface area contributed by atoms with Gasteiger partial charge in [0.05, 0.1) is 11.9 Å². The lowest BCUT2D eigenvalue weighted by atomic mass is 10.1. The average molecular weight is 322 g/mol. The molecular formula is C18H18N4O2. The van der Waals surface area contributed by atoms with Crippen molar-refractivity contribution in [1.29, 1.82) is 0 Å². The normalized spacial score (nSPS) is 10.5. The molecule has 2 heterocycles. The molecule has 1 aromatic carbocycles. The van der Waals surface area contributed by atoms with Crippen LogP contribution >= 0.6 is 0 Å². The van der Waals surface area contributed by atoms with Crippen molar-refractivity contribution in [1.82, 2.24) is 10.1 Å². The van der Waals surface area contributed by atoms with Crippen molar-refractivity contribution in [2.75, 3.05) is 10.6 Å². The Morgan fingerprint density at radius 1 is 1.08 bits per heavy atom. The van der Waals surface area contributed by atoms with E-state index in [1.807, 2.05) is 39.0 Å². The second-order valence-corrected chi connectivity index (χ2v) is 5.65. The van der Waals surface area contributed by atoms with Gasteiger partial charge >= 0.3 is 0 Å². The lowest BCUT2D eigenvalue weighted by Crippen LogP contribution is -2.14. The number of benzene rings is 1. The van der Waals surface area contributed by atoms with E-state index >= 15 is 0 Å². The summed E-state index contributed by atoms with van der Waals surface area (Å²) in [4.78, 5) is 16.5. The Balaban J connectivity index is 1.69. The van der Waals surface area contributed by atoms with Gasteiger partial charge in [0.25, 0.3) is 5.91 Å². The molecule has 0 spiro atoms. The third-order valence-corrected chi connectivity index (χ3v) is 3.53. The summed E-state index contributed by atoms with van der Waals surface area (Å²) in [5.74, 6) is 1.07. The van der Waals surface area contributed by atoms with Crippen LogP contribution in [0.3, 0.4) is 0 Å². The highest BCUT2D eigenvalue weighted by Gasteiger charge is 2.10. The lowest BCUT2D eigenvalue weighted by molar-refractivity contribution is 0.102. The first-order valence-corrected chi connectivity index (χ1v) is 7.56. The highest BCUT2D eigenvalue weighted by atomic mass is 16.5. The Hall–Kier alpha value is -3.15. The summed E-state index contributed by atoms with van der Waals surface area (Å²) in [5.41, 5.74) is 4.03. The molecule has 0 bridgehead atoms. The van der Waals surface area contributed by atoms with E-state index in [1.54, 1.807) is 24.4 Å². The first kappa shape index (κ1) is 15.7. The maximum atomic E-state index is 12.3. The minimum atomic E-state index is -0.245. The van der Waals surface area contributed by atoms with Gasteiger partial charge in [-0.15, -0.1) is 0 Å². The summed E-state index contributed by atoms with van der Waals surface area (Å²) in [6, 6.07) is 11.1. The van der Waals surface area contributed by atoms with Crippen LogP contribution in [0.5, 0.6) is 0 Å². The molecule has 2 aromatic heterocycles. The van der Waals surface area contributed by atoms with Crippen molar-refractivity contribution in [3.8, 4) is 0 Å². The van der Waals surface area contributed by atoms with E-state index in [2.05, 4.69) is 20.8 Å². The molecule has 24 heavy (non-hydrogen) atoms. The van der Waals surface area contributed by atoms with E-state index in [4.69, 9.17) is 4.52 Å². The standard InChI is InChI=1S/C18H18N4O2/c1-11-4-6-15(12(2)8-11)21-18(23)16-7-5-14(10-19-16)20-17-9-13(3)24-22-17/h4-10H,1-3H3,(H,20,22)(H,21,23). The Morgan fingerprint density at radius 2 is 1.92 bits per heavy atom. The van der Waals surface area contributed by atoms with E-state index < -0.39 is 0 Å². The molecule has 3 rings (SSSR count). The van der Waals surface area contributed by atoms with Gasteiger partial charge in [-0.2, -0.15) is 0 Å². The molecule has 0 radical (unpaired) electrons. The molecule has 0 saturated heterocycles. The van der Waals surface area contributed by atoms with Crippen molar-refractivity contribution in [2.24, 2.45) is 0 Å². The fraction of sp³-hybridized carbons (Fsp3) is 0.167. The summed E-state index contributed by atoms with van der Waals surface area (Å²) in [6.07, 6.45) is 1.58. The van der Waals surface area contributed by atoms with E-state index in [0.29, 0.717) is 11.5 Å². The van der Waals surface area contributed by atoms with E-state index in [0.717, 1.165) is 28.3 Å². The fourth-order valence-electron chi connectivity index (χ4n) is 2.32. The van der Waals surface area contributed by atoms with Crippen LogP contribution in [0.2, 0.25) is 0 Å². The number of pyridine rings is 1. The smallest absolute Gasteiger partial charge is 0.274 e. The number of nitrogens with one attached hydrogen (secondary N) is 2. The Morgan fingerprint density at radius 3 is 2.54 bits per heavy atom. The van der Waals surface area contributed by atoms with E-state index in [-0.39, 0.29) is 5.91 Å². The third kappa shape index (κ3) is 3.60. The van der Waals surface area contributed by atoms with Crippen LogP contribution in [-0.4, -0.2) is 16.0 Å². The summed E-state index contributed by atoms with van der Waals surface area (Å²) < 4.78 is 4.99. The number of hydrogen-bond acceptors (Lipinski definition) is 5. The number of rotatable bonds is 4. The Bertz CT molecular complexity index is 869. The molecule has 0 fully saturated rings. The molecule has 0 saturated carbocycles. The zero-order valence-electron chi connectivity index (χ0n) is 13.8. The molecule has 0 aliphatic carbocycles. The third-order valence-electron chi connectivity index (χ3n) is 3.53. The number of anilines is 3. The number of amides is 1. The number of hydrogen-bond donors (Lipinski definition) is 2. The largest absolute Gasteiger partial charge is 0.360 e. The predicted octanol–water partition coefficient (Wildman–Crippen LogP) is 3.99. The maximum absolute atomic E-state index is 12.3. The highest BCUT2D eigenvalue weighted by molar-refractivity contribution is 6.03. The lowest BCUT2D eigenvalue weighted by Gasteiger charge is -2.09. The minimum Gasteiger partial charge on any atom is -0.360 e. The van der Waals surface area contributed by atoms with E-state index in [9.17, 15) is 4.79 Å². The van der Waals surface area contributed by atoms with Gasteiger partial charge in [0.1, 0.15) is 11.5 Å². The fourth-order valence-corrected chi connectivity index (χ4v) is 2.32. The second kappa shape index (κ2) is 6.54. The van der Waals surface area contributed by atoms with Gasteiger partial charge < -0.3 is 15.2 Å². The zero-order valence-corrected chi connectivity index (χ0v) is 13.8. The monoisotopic (exact) mass is 322 g/mol. The molecule has 2 N–H and O–H groups in total. The van der Waals surface area contributed by atoms with Gasteiger partial charge in [-0.1, -0.05) is 22.9 Å². The number of carbonyl (C=O) groups excluding carboxylic acids is 1. The number of aromatic nitrogens is 2. The predicted molar refractivity (Wildman–Crippen MR) is 92.6 cm³/mol. The van der Waals surface area contributed by atoms with Gasteiger partial charge in [0, 0.05) is 11.8 Å². The van der Waals surface area contributed by atoms with Gasteiger partial charge in [-0.05, 0) is 44.5 Å². The van der Waals surface area contributed by atoms with E-state index in [1.165, 1.54) is 0 Å². The zero-order chi connectivity index (χ0) is 17.1. The summed E-state index contributed by atoms with van der Waals surface area (Å²) >= 11 is 0. The topological polar surface area (TPSA) is 80.0 Å². The number of carbonyl (C=O) groups is 1. The van der Waals surface area contributed by atoms with Crippen molar-refractivity contribution < 1.29 is 9.32 Å². The molecule has 0 unspecified atom stereocenters. The Labute approximate surface area is 139 Å². The van der Waals surface area contributed by atoms with Gasteiger partial charge in [0.2, 0.25) is 0 Å². The van der Waals surface area contributed by atoms with Gasteiger partial charge in [0.15, 0.2) is 5.82 Å². The molecule has 0 aliphatic heterocycles. The van der Waals surface area contributed by atoms with Crippen molar-refractivity contribution >= 4 is 23.1 Å². The molecule has 3 aromatic rings. The first-order chi connectivity index (χ1) is 11.5. The molecule has 1 amide bonds. The summed E-state index contributed by atoms with van der Waals surface area (Å²) in [7, 11) is 0. The van der Waals surface area contributed by atoms with Crippen LogP contribution in [0.1, 0.15) is 27.4 Å². The molecule has 6 heteroatoms. The molecule has 6 nitrogen and oxygen atoms in total.